The van der Waals surface area contributed by atoms with Crippen molar-refractivity contribution in [1.82, 2.24) is 10.4 Å². The highest BCUT2D eigenvalue weighted by Crippen LogP contribution is 2.24. The Bertz CT molecular complexity index is 833. The summed E-state index contributed by atoms with van der Waals surface area (Å²) in [5, 5.41) is 3.92. The average Bonchev–Trinajstić information content (AvgIpc) is 2.90. The van der Waals surface area contributed by atoms with Gasteiger partial charge in [-0.3, -0.25) is 14.4 Å². The number of nitrogens with zero attached hydrogens (tertiary/aromatic N) is 1. The van der Waals surface area contributed by atoms with E-state index in [0.717, 1.165) is 5.56 Å². The summed E-state index contributed by atoms with van der Waals surface area (Å²) in [5.41, 5.74) is 1.30. The zero-order valence-corrected chi connectivity index (χ0v) is 14.8. The van der Waals surface area contributed by atoms with Crippen molar-refractivity contribution < 1.29 is 19.2 Å². The summed E-state index contributed by atoms with van der Waals surface area (Å²) in [7, 11) is 0. The molecular formula is C19H17ClN2O4. The monoisotopic (exact) mass is 372 g/mol. The maximum atomic E-state index is 12.4. The predicted octanol–water partition coefficient (Wildman–Crippen LogP) is 2.96. The molecule has 0 saturated carbocycles. The molecule has 0 radical (unpaired) electrons. The molecule has 2 aromatic carbocycles. The van der Waals surface area contributed by atoms with E-state index in [1.165, 1.54) is 0 Å². The minimum Gasteiger partial charge on any atom is -0.350 e. The zero-order valence-electron chi connectivity index (χ0n) is 14.1. The van der Waals surface area contributed by atoms with Crippen LogP contribution in [0, 0.1) is 0 Å². The molecule has 1 aliphatic rings. The molecule has 134 valence electrons. The Hall–Kier alpha value is -2.70. The van der Waals surface area contributed by atoms with Gasteiger partial charge in [0.2, 0.25) is 0 Å². The van der Waals surface area contributed by atoms with Gasteiger partial charge in [0.1, 0.15) is 0 Å². The van der Waals surface area contributed by atoms with Gasteiger partial charge in [-0.2, -0.15) is 0 Å². The number of rotatable bonds is 6. The first-order valence-corrected chi connectivity index (χ1v) is 8.56. The molecular weight excluding hydrogens is 356 g/mol. The first-order chi connectivity index (χ1) is 12.5. The fraction of sp³-hybridized carbons (Fsp3) is 0.211. The van der Waals surface area contributed by atoms with E-state index < -0.39 is 23.8 Å². The summed E-state index contributed by atoms with van der Waals surface area (Å²) in [6.45, 7) is 1.96. The number of benzene rings is 2. The van der Waals surface area contributed by atoms with Gasteiger partial charge < -0.3 is 5.32 Å². The van der Waals surface area contributed by atoms with Gasteiger partial charge >= 0.3 is 0 Å². The SMILES string of the molecule is CCC(ON1C(=O)c2ccccc2C1=O)C(=O)NCc1ccccc1Cl. The van der Waals surface area contributed by atoms with Gasteiger partial charge in [-0.25, -0.2) is 4.84 Å². The Morgan fingerprint density at radius 1 is 1.08 bits per heavy atom. The Labute approximate surface area is 155 Å². The second-order valence-electron chi connectivity index (χ2n) is 5.76. The van der Waals surface area contributed by atoms with Crippen molar-refractivity contribution in [3.05, 3.63) is 70.2 Å². The summed E-state index contributed by atoms with van der Waals surface area (Å²) in [6, 6.07) is 13.6. The first kappa shape index (κ1) is 18.1. The molecule has 1 unspecified atom stereocenters. The van der Waals surface area contributed by atoms with Crippen molar-refractivity contribution in [2.24, 2.45) is 0 Å². The third-order valence-corrected chi connectivity index (χ3v) is 4.43. The van der Waals surface area contributed by atoms with E-state index >= 15 is 0 Å². The molecule has 0 aromatic heterocycles. The predicted molar refractivity (Wildman–Crippen MR) is 95.4 cm³/mol. The van der Waals surface area contributed by atoms with Crippen LogP contribution in [0.4, 0.5) is 0 Å². The number of hydrogen-bond acceptors (Lipinski definition) is 4. The van der Waals surface area contributed by atoms with E-state index in [-0.39, 0.29) is 17.7 Å². The van der Waals surface area contributed by atoms with Crippen molar-refractivity contribution in [2.45, 2.75) is 26.0 Å². The molecule has 1 aliphatic heterocycles. The lowest BCUT2D eigenvalue weighted by molar-refractivity contribution is -0.160. The van der Waals surface area contributed by atoms with Crippen LogP contribution in [0.2, 0.25) is 5.02 Å². The Morgan fingerprint density at radius 2 is 1.65 bits per heavy atom. The summed E-state index contributed by atoms with van der Waals surface area (Å²) in [5.74, 6) is -1.56. The van der Waals surface area contributed by atoms with Crippen molar-refractivity contribution >= 4 is 29.3 Å². The lowest BCUT2D eigenvalue weighted by atomic mass is 10.1. The quantitative estimate of drug-likeness (QED) is 0.791. The molecule has 0 aliphatic carbocycles. The Kier molecular flexibility index (Phi) is 5.35. The number of halogens is 1. The van der Waals surface area contributed by atoms with Crippen LogP contribution in [0.25, 0.3) is 0 Å². The second-order valence-corrected chi connectivity index (χ2v) is 6.17. The highest BCUT2D eigenvalue weighted by molar-refractivity contribution is 6.31. The van der Waals surface area contributed by atoms with E-state index in [9.17, 15) is 14.4 Å². The number of fused-ring (bicyclic) bond motifs is 1. The Balaban J connectivity index is 1.66. The lowest BCUT2D eigenvalue weighted by Gasteiger charge is -2.21. The van der Waals surface area contributed by atoms with Gasteiger partial charge in [-0.1, -0.05) is 48.9 Å². The van der Waals surface area contributed by atoms with Gasteiger partial charge in [0.25, 0.3) is 17.7 Å². The van der Waals surface area contributed by atoms with E-state index in [0.29, 0.717) is 16.5 Å². The number of nitrogens with one attached hydrogen (secondary N) is 1. The largest absolute Gasteiger partial charge is 0.350 e. The molecule has 26 heavy (non-hydrogen) atoms. The van der Waals surface area contributed by atoms with Crippen LogP contribution in [-0.2, 0) is 16.2 Å². The van der Waals surface area contributed by atoms with E-state index in [1.54, 1.807) is 49.4 Å². The first-order valence-electron chi connectivity index (χ1n) is 8.18. The third kappa shape index (κ3) is 3.47. The molecule has 7 heteroatoms. The average molecular weight is 373 g/mol. The van der Waals surface area contributed by atoms with Crippen molar-refractivity contribution in [1.29, 1.82) is 0 Å². The number of amides is 3. The molecule has 1 heterocycles. The van der Waals surface area contributed by atoms with Gasteiger partial charge in [0.15, 0.2) is 6.10 Å². The topological polar surface area (TPSA) is 75.7 Å². The normalized spacial score (nSPS) is 14.3. The van der Waals surface area contributed by atoms with Crippen LogP contribution in [0.15, 0.2) is 48.5 Å². The lowest BCUT2D eigenvalue weighted by Crippen LogP contribution is -2.42. The molecule has 0 fully saturated rings. The van der Waals surface area contributed by atoms with Crippen LogP contribution in [0.5, 0.6) is 0 Å². The summed E-state index contributed by atoms with van der Waals surface area (Å²) in [4.78, 5) is 42.5. The summed E-state index contributed by atoms with van der Waals surface area (Å²) >= 11 is 6.07. The maximum absolute atomic E-state index is 12.4. The molecule has 1 N–H and O–H groups in total. The fourth-order valence-electron chi connectivity index (χ4n) is 2.64. The zero-order chi connectivity index (χ0) is 18.7. The molecule has 0 spiro atoms. The number of imide groups is 1. The van der Waals surface area contributed by atoms with Crippen LogP contribution in [0.3, 0.4) is 0 Å². The van der Waals surface area contributed by atoms with Crippen LogP contribution >= 0.6 is 11.6 Å². The van der Waals surface area contributed by atoms with Crippen LogP contribution < -0.4 is 5.32 Å². The van der Waals surface area contributed by atoms with Gasteiger partial charge in [-0.15, -0.1) is 5.06 Å². The van der Waals surface area contributed by atoms with Gasteiger partial charge in [-0.05, 0) is 30.2 Å². The van der Waals surface area contributed by atoms with E-state index in [2.05, 4.69) is 5.32 Å². The molecule has 3 amide bonds. The number of carbonyl (C=O) groups is 3. The highest BCUT2D eigenvalue weighted by Gasteiger charge is 2.38. The molecule has 0 bridgehead atoms. The highest BCUT2D eigenvalue weighted by atomic mass is 35.5. The molecule has 1 atom stereocenters. The minimum absolute atomic E-state index is 0.223. The number of carbonyl (C=O) groups excluding carboxylic acids is 3. The maximum Gasteiger partial charge on any atom is 0.285 e. The molecule has 0 saturated heterocycles. The molecule has 2 aromatic rings. The van der Waals surface area contributed by atoms with Crippen molar-refractivity contribution in [3.8, 4) is 0 Å². The van der Waals surface area contributed by atoms with Gasteiger partial charge in [0, 0.05) is 11.6 Å². The van der Waals surface area contributed by atoms with E-state index in [1.807, 2.05) is 6.07 Å². The minimum atomic E-state index is -0.973. The van der Waals surface area contributed by atoms with Gasteiger partial charge in [0.05, 0.1) is 11.1 Å². The Morgan fingerprint density at radius 3 is 2.23 bits per heavy atom. The molecule has 3 rings (SSSR count). The van der Waals surface area contributed by atoms with Crippen LogP contribution in [0.1, 0.15) is 39.6 Å². The second kappa shape index (κ2) is 7.68. The summed E-state index contributed by atoms with van der Waals surface area (Å²) in [6.07, 6.45) is -0.679. The van der Waals surface area contributed by atoms with Crippen molar-refractivity contribution in [3.63, 3.8) is 0 Å². The number of hydroxylamine groups is 2. The molecule has 6 nitrogen and oxygen atoms in total. The van der Waals surface area contributed by atoms with Crippen LogP contribution in [-0.4, -0.2) is 28.9 Å². The van der Waals surface area contributed by atoms with E-state index in [4.69, 9.17) is 16.4 Å². The van der Waals surface area contributed by atoms with Crippen molar-refractivity contribution in [2.75, 3.05) is 0 Å². The smallest absolute Gasteiger partial charge is 0.285 e. The third-order valence-electron chi connectivity index (χ3n) is 4.06. The fourth-order valence-corrected chi connectivity index (χ4v) is 2.84. The summed E-state index contributed by atoms with van der Waals surface area (Å²) < 4.78 is 0. The number of hydrogen-bond donors (Lipinski definition) is 1. The standard InChI is InChI=1S/C19H17ClN2O4/c1-2-16(17(23)21-11-12-7-3-6-10-15(12)20)26-22-18(24)13-8-4-5-9-14(13)19(22)25/h3-10,16H,2,11H2,1H3,(H,21,23).